The first-order valence-corrected chi connectivity index (χ1v) is 8.28. The maximum absolute atomic E-state index is 12.5. The number of nitrogens with one attached hydrogen (secondary N) is 1. The minimum atomic E-state index is -4.44. The summed E-state index contributed by atoms with van der Waals surface area (Å²) in [5.74, 6) is -0.150. The fourth-order valence-electron chi connectivity index (χ4n) is 1.97. The van der Waals surface area contributed by atoms with Crippen molar-refractivity contribution >= 4 is 29.7 Å². The fourth-order valence-corrected chi connectivity index (χ4v) is 2.93. The summed E-state index contributed by atoms with van der Waals surface area (Å²) >= 11 is 0.926. The van der Waals surface area contributed by atoms with Gasteiger partial charge in [-0.2, -0.15) is 13.2 Å². The Bertz CT molecular complexity index is 468. The molecule has 134 valence electrons. The molecule has 1 amide bonds. The highest BCUT2D eigenvalue weighted by Crippen LogP contribution is 2.32. The van der Waals surface area contributed by atoms with E-state index in [9.17, 15) is 18.0 Å². The van der Waals surface area contributed by atoms with Crippen molar-refractivity contribution in [3.8, 4) is 0 Å². The van der Waals surface area contributed by atoms with E-state index in [4.69, 9.17) is 5.73 Å². The molecule has 0 fully saturated rings. The third-order valence-corrected chi connectivity index (χ3v) is 4.17. The molecule has 0 aromatic carbocycles. The lowest BCUT2D eigenvalue weighted by molar-refractivity contribution is -0.140. The maximum atomic E-state index is 12.5. The topological polar surface area (TPSA) is 68.0 Å². The van der Waals surface area contributed by atoms with Gasteiger partial charge in [0.15, 0.2) is 5.69 Å². The van der Waals surface area contributed by atoms with Crippen molar-refractivity contribution in [1.29, 1.82) is 0 Å². The van der Waals surface area contributed by atoms with E-state index in [0.717, 1.165) is 42.4 Å². The molecule has 9 heteroatoms. The first-order valence-electron chi connectivity index (χ1n) is 7.40. The summed E-state index contributed by atoms with van der Waals surface area (Å²) < 4.78 is 37.6. The number of thiazole rings is 1. The molecular weight excluding hydrogens is 351 g/mol. The van der Waals surface area contributed by atoms with E-state index in [1.165, 1.54) is 0 Å². The molecule has 0 radical (unpaired) electrons. The number of amides is 1. The number of nitrogens with zero attached hydrogens (tertiary/aromatic N) is 1. The van der Waals surface area contributed by atoms with Gasteiger partial charge in [0, 0.05) is 11.8 Å². The van der Waals surface area contributed by atoms with Crippen molar-refractivity contribution in [2.24, 2.45) is 5.73 Å². The molecule has 0 aliphatic heterocycles. The molecule has 0 aliphatic carbocycles. The summed E-state index contributed by atoms with van der Waals surface area (Å²) in [6, 6.07) is -0.461. The molecule has 4 nitrogen and oxygen atoms in total. The Balaban J connectivity index is 0.00000484. The molecule has 0 spiro atoms. The van der Waals surface area contributed by atoms with Gasteiger partial charge in [-0.3, -0.25) is 4.79 Å². The van der Waals surface area contributed by atoms with Crippen molar-refractivity contribution in [2.75, 3.05) is 6.54 Å². The van der Waals surface area contributed by atoms with Crippen LogP contribution < -0.4 is 11.1 Å². The van der Waals surface area contributed by atoms with Gasteiger partial charge in [-0.1, -0.05) is 19.8 Å². The van der Waals surface area contributed by atoms with Crippen LogP contribution in [0.15, 0.2) is 5.38 Å². The average molecular weight is 374 g/mol. The van der Waals surface area contributed by atoms with Crippen LogP contribution in [-0.2, 0) is 11.0 Å². The van der Waals surface area contributed by atoms with Crippen LogP contribution in [0.25, 0.3) is 0 Å². The lowest BCUT2D eigenvalue weighted by atomic mass is 10.1. The van der Waals surface area contributed by atoms with Crippen molar-refractivity contribution in [2.45, 2.75) is 57.7 Å². The molecule has 1 aromatic rings. The number of halogens is 4. The normalized spacial score (nSPS) is 12.6. The van der Waals surface area contributed by atoms with Gasteiger partial charge < -0.3 is 11.1 Å². The lowest BCUT2D eigenvalue weighted by Crippen LogP contribution is -2.28. The fraction of sp³-hybridized carbons (Fsp3) is 0.714. The van der Waals surface area contributed by atoms with Gasteiger partial charge in [0.1, 0.15) is 5.01 Å². The molecule has 0 saturated heterocycles. The van der Waals surface area contributed by atoms with E-state index in [2.05, 4.69) is 10.3 Å². The largest absolute Gasteiger partial charge is 0.434 e. The van der Waals surface area contributed by atoms with Gasteiger partial charge in [-0.05, 0) is 25.8 Å². The van der Waals surface area contributed by atoms with Crippen molar-refractivity contribution < 1.29 is 18.0 Å². The van der Waals surface area contributed by atoms with Crippen LogP contribution in [-0.4, -0.2) is 17.4 Å². The number of hydrogen-bond acceptors (Lipinski definition) is 4. The van der Waals surface area contributed by atoms with Crippen LogP contribution in [0.5, 0.6) is 0 Å². The van der Waals surface area contributed by atoms with E-state index >= 15 is 0 Å². The molecule has 0 aliphatic rings. The number of rotatable bonds is 9. The number of carbonyl (C=O) groups excluding carboxylic acids is 1. The van der Waals surface area contributed by atoms with Crippen LogP contribution in [0, 0.1) is 0 Å². The third-order valence-electron chi connectivity index (χ3n) is 3.21. The summed E-state index contributed by atoms with van der Waals surface area (Å²) in [5, 5.41) is 4.04. The zero-order chi connectivity index (χ0) is 16.6. The molecule has 0 bridgehead atoms. The zero-order valence-corrected chi connectivity index (χ0v) is 14.6. The Morgan fingerprint density at radius 3 is 2.52 bits per heavy atom. The first-order chi connectivity index (χ1) is 10.4. The second-order valence-corrected chi connectivity index (χ2v) is 5.94. The van der Waals surface area contributed by atoms with Gasteiger partial charge in [-0.25, -0.2) is 4.98 Å². The van der Waals surface area contributed by atoms with Crippen molar-refractivity contribution in [1.82, 2.24) is 10.3 Å². The molecule has 1 rings (SSSR count). The quantitative estimate of drug-likeness (QED) is 0.641. The van der Waals surface area contributed by atoms with Crippen molar-refractivity contribution in [3.05, 3.63) is 16.1 Å². The van der Waals surface area contributed by atoms with Gasteiger partial charge in [0.2, 0.25) is 5.91 Å². The number of hydrogen-bond donors (Lipinski definition) is 2. The summed E-state index contributed by atoms with van der Waals surface area (Å²) in [6.45, 7) is 2.45. The molecule has 1 heterocycles. The summed E-state index contributed by atoms with van der Waals surface area (Å²) in [6.07, 6.45) is 0.0497. The van der Waals surface area contributed by atoms with Crippen molar-refractivity contribution in [3.63, 3.8) is 0 Å². The Morgan fingerprint density at radius 1 is 1.35 bits per heavy atom. The highest BCUT2D eigenvalue weighted by molar-refractivity contribution is 7.09. The Morgan fingerprint density at radius 2 is 2.00 bits per heavy atom. The number of unbranched alkanes of at least 4 members (excludes halogenated alkanes) is 3. The summed E-state index contributed by atoms with van der Waals surface area (Å²) in [5.41, 5.74) is 4.49. The van der Waals surface area contributed by atoms with Crippen LogP contribution in [0.4, 0.5) is 13.2 Å². The zero-order valence-electron chi connectivity index (χ0n) is 13.0. The molecule has 0 saturated carbocycles. The van der Waals surface area contributed by atoms with E-state index in [-0.39, 0.29) is 18.3 Å². The predicted molar refractivity (Wildman–Crippen MR) is 87.7 cm³/mol. The summed E-state index contributed by atoms with van der Waals surface area (Å²) in [4.78, 5) is 15.4. The van der Waals surface area contributed by atoms with Crippen LogP contribution in [0.1, 0.15) is 62.2 Å². The minimum Gasteiger partial charge on any atom is -0.347 e. The Labute approximate surface area is 144 Å². The first kappa shape index (κ1) is 22.1. The molecule has 1 aromatic heterocycles. The van der Waals surface area contributed by atoms with Crippen LogP contribution in [0.3, 0.4) is 0 Å². The smallest absolute Gasteiger partial charge is 0.347 e. The number of alkyl halides is 3. The monoisotopic (exact) mass is 373 g/mol. The lowest BCUT2D eigenvalue weighted by Gasteiger charge is -2.14. The van der Waals surface area contributed by atoms with Gasteiger partial charge in [-0.15, -0.1) is 23.7 Å². The van der Waals surface area contributed by atoms with E-state index in [0.29, 0.717) is 24.4 Å². The maximum Gasteiger partial charge on any atom is 0.434 e. The predicted octanol–water partition coefficient (Wildman–Crippen LogP) is 4.06. The van der Waals surface area contributed by atoms with Crippen LogP contribution in [0.2, 0.25) is 0 Å². The number of aromatic nitrogens is 1. The third kappa shape index (κ3) is 7.99. The van der Waals surface area contributed by atoms with Crippen LogP contribution >= 0.6 is 23.7 Å². The number of nitrogens with two attached hydrogens (primary N) is 1. The van der Waals surface area contributed by atoms with Gasteiger partial charge in [0.25, 0.3) is 0 Å². The summed E-state index contributed by atoms with van der Waals surface area (Å²) in [7, 11) is 0. The Hall–Kier alpha value is -0.860. The molecule has 23 heavy (non-hydrogen) atoms. The standard InChI is InChI=1S/C14H22F3N3OS.ClH/c1-2-10(13-20-11(9-22-13)14(15,16)17)19-12(21)7-5-3-4-6-8-18;/h9-10H,2-8,18H2,1H3,(H,19,21);1H. The second kappa shape index (κ2) is 10.8. The Kier molecular flexibility index (Phi) is 10.4. The van der Waals surface area contributed by atoms with E-state index < -0.39 is 17.9 Å². The molecule has 1 unspecified atom stereocenters. The van der Waals surface area contributed by atoms with E-state index in [1.807, 2.05) is 0 Å². The highest BCUT2D eigenvalue weighted by Gasteiger charge is 2.34. The number of carbonyl (C=O) groups is 1. The highest BCUT2D eigenvalue weighted by atomic mass is 35.5. The van der Waals surface area contributed by atoms with Gasteiger partial charge in [0.05, 0.1) is 6.04 Å². The second-order valence-electron chi connectivity index (χ2n) is 5.05. The minimum absolute atomic E-state index is 0. The van der Waals surface area contributed by atoms with E-state index in [1.54, 1.807) is 6.92 Å². The molecular formula is C14H23ClF3N3OS. The SMILES string of the molecule is CCC(NC(=O)CCCCCCN)c1nc(C(F)(F)F)cs1.Cl. The molecule has 1 atom stereocenters. The van der Waals surface area contributed by atoms with Gasteiger partial charge >= 0.3 is 6.18 Å². The molecule has 3 N–H and O–H groups in total. The average Bonchev–Trinajstić information content (AvgIpc) is 2.94.